The van der Waals surface area contributed by atoms with Gasteiger partial charge < -0.3 is 20.9 Å². The van der Waals surface area contributed by atoms with Crippen LogP contribution < -0.4 is 16.0 Å². The Kier molecular flexibility index (Phi) is 7.20. The molecular weight excluding hydrogens is 436 g/mol. The number of aromatic nitrogens is 3. The smallest absolute Gasteiger partial charge is 0.234 e. The van der Waals surface area contributed by atoms with Crippen LogP contribution in [0, 0.1) is 5.41 Å². The minimum Gasteiger partial charge on any atom is -0.367 e. The largest absolute Gasteiger partial charge is 0.367 e. The van der Waals surface area contributed by atoms with Crippen molar-refractivity contribution in [3.05, 3.63) is 41.8 Å². The van der Waals surface area contributed by atoms with Gasteiger partial charge in [0, 0.05) is 42.0 Å². The maximum atomic E-state index is 12.2. The summed E-state index contributed by atoms with van der Waals surface area (Å²) in [5, 5.41) is 11.5. The lowest BCUT2D eigenvalue weighted by atomic mass is 9.91. The number of carbonyl (C=O) groups excluding carboxylic acids is 1. The average Bonchev–Trinajstić information content (AvgIpc) is 3.18. The van der Waals surface area contributed by atoms with Crippen molar-refractivity contribution < 1.29 is 4.79 Å². The lowest BCUT2D eigenvalue weighted by Gasteiger charge is -2.30. The summed E-state index contributed by atoms with van der Waals surface area (Å²) in [5.74, 6) is 0.847. The molecule has 7 nitrogen and oxygen atoms in total. The minimum absolute atomic E-state index is 0.0741. The van der Waals surface area contributed by atoms with E-state index in [2.05, 4.69) is 51.7 Å². The molecule has 4 rings (SSSR count). The predicted octanol–water partition coefficient (Wildman–Crippen LogP) is 4.75. The van der Waals surface area contributed by atoms with E-state index in [1.54, 1.807) is 6.20 Å². The fourth-order valence-electron chi connectivity index (χ4n) is 4.34. The number of H-pyrrole nitrogens is 1. The van der Waals surface area contributed by atoms with E-state index < -0.39 is 0 Å². The first-order valence-electron chi connectivity index (χ1n) is 11.6. The molecule has 4 N–H and O–H groups in total. The van der Waals surface area contributed by atoms with Crippen LogP contribution in [0.5, 0.6) is 0 Å². The number of nitrogens with zero attached hydrogens (tertiary/aromatic N) is 2. The van der Waals surface area contributed by atoms with Crippen LogP contribution in [-0.2, 0) is 4.79 Å². The van der Waals surface area contributed by atoms with E-state index >= 15 is 0 Å². The van der Waals surface area contributed by atoms with E-state index in [0.717, 1.165) is 60.2 Å². The van der Waals surface area contributed by atoms with E-state index in [-0.39, 0.29) is 17.4 Å². The minimum atomic E-state index is 0.0741. The van der Waals surface area contributed by atoms with Gasteiger partial charge in [-0.3, -0.25) is 4.79 Å². The van der Waals surface area contributed by atoms with Crippen molar-refractivity contribution >= 4 is 34.4 Å². The molecule has 0 radical (unpaired) electrons. The van der Waals surface area contributed by atoms with Crippen LogP contribution in [0.1, 0.15) is 46.5 Å². The Morgan fingerprint density at radius 3 is 2.70 bits per heavy atom. The van der Waals surface area contributed by atoms with Gasteiger partial charge in [0.05, 0.1) is 6.54 Å². The summed E-state index contributed by atoms with van der Waals surface area (Å²) in [5.41, 5.74) is 3.07. The van der Waals surface area contributed by atoms with Gasteiger partial charge in [-0.2, -0.15) is 0 Å². The summed E-state index contributed by atoms with van der Waals surface area (Å²) in [6.07, 6.45) is 7.57. The molecule has 1 aliphatic carbocycles. The number of amides is 1. The quantitative estimate of drug-likeness (QED) is 0.375. The van der Waals surface area contributed by atoms with Crippen LogP contribution in [0.15, 0.2) is 36.7 Å². The molecule has 1 amide bonds. The molecule has 0 aromatic carbocycles. The second kappa shape index (κ2) is 10.1. The number of pyridine rings is 2. The fraction of sp³-hybridized carbons (Fsp3) is 0.480. The zero-order chi connectivity index (χ0) is 23.4. The number of rotatable bonds is 7. The highest BCUT2D eigenvalue weighted by atomic mass is 35.5. The summed E-state index contributed by atoms with van der Waals surface area (Å²) in [6.45, 7) is 7.65. The van der Waals surface area contributed by atoms with Crippen molar-refractivity contribution in [1.29, 1.82) is 0 Å². The molecule has 3 aromatic rings. The van der Waals surface area contributed by atoms with E-state index in [0.29, 0.717) is 17.7 Å². The summed E-state index contributed by atoms with van der Waals surface area (Å²) in [7, 11) is 0. The molecule has 0 spiro atoms. The van der Waals surface area contributed by atoms with Gasteiger partial charge in [-0.05, 0) is 60.9 Å². The highest BCUT2D eigenvalue weighted by Gasteiger charge is 2.23. The summed E-state index contributed by atoms with van der Waals surface area (Å²) in [4.78, 5) is 24.3. The van der Waals surface area contributed by atoms with Crippen LogP contribution in [0.3, 0.4) is 0 Å². The highest BCUT2D eigenvalue weighted by molar-refractivity contribution is 6.29. The molecule has 3 heterocycles. The van der Waals surface area contributed by atoms with Gasteiger partial charge in [-0.1, -0.05) is 32.4 Å². The average molecular weight is 469 g/mol. The predicted molar refractivity (Wildman–Crippen MR) is 134 cm³/mol. The number of hydrogen-bond donors (Lipinski definition) is 4. The van der Waals surface area contributed by atoms with Crippen molar-refractivity contribution in [2.45, 2.75) is 58.5 Å². The van der Waals surface area contributed by atoms with Crippen molar-refractivity contribution in [3.8, 4) is 11.1 Å². The molecule has 176 valence electrons. The zero-order valence-corrected chi connectivity index (χ0v) is 20.3. The maximum Gasteiger partial charge on any atom is 0.234 e. The summed E-state index contributed by atoms with van der Waals surface area (Å²) >= 11 is 6.36. The topological polar surface area (TPSA) is 94.7 Å². The normalized spacial score (nSPS) is 18.9. The van der Waals surface area contributed by atoms with Crippen molar-refractivity contribution in [1.82, 2.24) is 25.6 Å². The highest BCUT2D eigenvalue weighted by Crippen LogP contribution is 2.31. The third kappa shape index (κ3) is 6.45. The lowest BCUT2D eigenvalue weighted by Crippen LogP contribution is -2.44. The SMILES string of the molecule is CC(C)(C)CNCC(=O)NC1CCC(Nc2cc(-c3c[nH]c4ncccc34)cc(Cl)n2)CC1. The van der Waals surface area contributed by atoms with Gasteiger partial charge in [0.15, 0.2) is 0 Å². The number of aromatic amines is 1. The third-order valence-corrected chi connectivity index (χ3v) is 6.14. The van der Waals surface area contributed by atoms with E-state index in [1.807, 2.05) is 30.5 Å². The van der Waals surface area contributed by atoms with Gasteiger partial charge >= 0.3 is 0 Å². The van der Waals surface area contributed by atoms with Gasteiger partial charge in [0.25, 0.3) is 0 Å². The first-order valence-corrected chi connectivity index (χ1v) is 12.0. The molecule has 1 fully saturated rings. The molecule has 0 atom stereocenters. The standard InChI is InChI=1S/C25H33ClN6O/c1-25(2,3)15-27-14-23(33)31-18-8-6-17(7-9-18)30-22-12-16(11-21(26)32-22)20-13-29-24-19(20)5-4-10-28-24/h4-5,10-13,17-18,27H,6-9,14-15H2,1-3H3,(H,28,29)(H,30,32)(H,31,33). The Hall–Kier alpha value is -2.64. The third-order valence-electron chi connectivity index (χ3n) is 5.94. The first kappa shape index (κ1) is 23.5. The van der Waals surface area contributed by atoms with E-state index in [9.17, 15) is 4.79 Å². The molecule has 0 saturated heterocycles. The van der Waals surface area contributed by atoms with E-state index in [1.165, 1.54) is 0 Å². The first-order chi connectivity index (χ1) is 15.8. The van der Waals surface area contributed by atoms with Crippen molar-refractivity contribution in [2.75, 3.05) is 18.4 Å². The molecule has 0 aliphatic heterocycles. The molecule has 8 heteroatoms. The number of anilines is 1. The summed E-state index contributed by atoms with van der Waals surface area (Å²) < 4.78 is 0. The van der Waals surface area contributed by atoms with Gasteiger partial charge in [0.2, 0.25) is 5.91 Å². The maximum absolute atomic E-state index is 12.2. The molecular formula is C25H33ClN6O. The lowest BCUT2D eigenvalue weighted by molar-refractivity contribution is -0.121. The van der Waals surface area contributed by atoms with Crippen LogP contribution >= 0.6 is 11.6 Å². The van der Waals surface area contributed by atoms with Gasteiger partial charge in [-0.15, -0.1) is 0 Å². The number of hydrogen-bond acceptors (Lipinski definition) is 5. The van der Waals surface area contributed by atoms with Crippen LogP contribution in [0.4, 0.5) is 5.82 Å². The molecule has 0 unspecified atom stereocenters. The Morgan fingerprint density at radius 2 is 1.94 bits per heavy atom. The molecule has 3 aromatic heterocycles. The monoisotopic (exact) mass is 468 g/mol. The van der Waals surface area contributed by atoms with Crippen LogP contribution in [0.2, 0.25) is 5.15 Å². The Morgan fingerprint density at radius 1 is 1.18 bits per heavy atom. The second-order valence-electron chi connectivity index (χ2n) is 10.1. The summed E-state index contributed by atoms with van der Waals surface area (Å²) in [6, 6.07) is 8.43. The fourth-order valence-corrected chi connectivity index (χ4v) is 4.55. The van der Waals surface area contributed by atoms with E-state index in [4.69, 9.17) is 11.6 Å². The van der Waals surface area contributed by atoms with Crippen molar-refractivity contribution in [3.63, 3.8) is 0 Å². The van der Waals surface area contributed by atoms with Crippen LogP contribution in [0.25, 0.3) is 22.2 Å². The molecule has 33 heavy (non-hydrogen) atoms. The van der Waals surface area contributed by atoms with Gasteiger partial charge in [-0.25, -0.2) is 9.97 Å². The number of nitrogens with one attached hydrogen (secondary N) is 4. The molecule has 1 aliphatic rings. The Labute approximate surface area is 200 Å². The molecule has 1 saturated carbocycles. The van der Waals surface area contributed by atoms with Gasteiger partial charge in [0.1, 0.15) is 16.6 Å². The van der Waals surface area contributed by atoms with Crippen LogP contribution in [-0.4, -0.2) is 46.0 Å². The second-order valence-corrected chi connectivity index (χ2v) is 10.5. The number of halogens is 1. The zero-order valence-electron chi connectivity index (χ0n) is 19.5. The molecule has 0 bridgehead atoms. The number of carbonyl (C=O) groups is 1. The van der Waals surface area contributed by atoms with Crippen molar-refractivity contribution in [2.24, 2.45) is 5.41 Å². The Balaban J connectivity index is 1.31. The Bertz CT molecular complexity index is 1100. The number of fused-ring (bicyclic) bond motifs is 1.